The maximum Gasteiger partial charge on any atom is 0.325 e. The number of carboxylic acid groups (broad SMARTS) is 2. The van der Waals surface area contributed by atoms with E-state index < -0.39 is 18.0 Å². The molecule has 0 aliphatic carbocycles. The highest BCUT2D eigenvalue weighted by Crippen LogP contribution is 2.25. The van der Waals surface area contributed by atoms with Crippen LogP contribution >= 0.6 is 0 Å². The maximum atomic E-state index is 11.2. The summed E-state index contributed by atoms with van der Waals surface area (Å²) in [7, 11) is 0. The highest BCUT2D eigenvalue weighted by molar-refractivity contribution is 5.76. The van der Waals surface area contributed by atoms with E-state index in [1.807, 2.05) is 0 Å². The van der Waals surface area contributed by atoms with Gasteiger partial charge in [0.15, 0.2) is 0 Å². The molecular formula is C13H18N2O5. The molecule has 0 fully saturated rings. The van der Waals surface area contributed by atoms with Crippen molar-refractivity contribution in [2.45, 2.75) is 13.0 Å². The topological polar surface area (TPSA) is 119 Å². The molecule has 1 atom stereocenters. The first kappa shape index (κ1) is 15.9. The lowest BCUT2D eigenvalue weighted by atomic mass is 10.0. The number of benzene rings is 1. The number of aliphatic carboxylic acids is 2. The van der Waals surface area contributed by atoms with Gasteiger partial charge in [0, 0.05) is 18.7 Å². The van der Waals surface area contributed by atoms with Gasteiger partial charge in [-0.15, -0.1) is 0 Å². The van der Waals surface area contributed by atoms with Crippen molar-refractivity contribution in [1.82, 2.24) is 10.6 Å². The third-order valence-electron chi connectivity index (χ3n) is 2.67. The van der Waals surface area contributed by atoms with Gasteiger partial charge in [-0.1, -0.05) is 17.7 Å². The van der Waals surface area contributed by atoms with Gasteiger partial charge in [0.05, 0.1) is 6.54 Å². The number of aromatic hydroxyl groups is 1. The second-order valence-electron chi connectivity index (χ2n) is 4.36. The molecule has 5 N–H and O–H groups in total. The molecule has 0 amide bonds. The summed E-state index contributed by atoms with van der Waals surface area (Å²) in [5, 5.41) is 32.8. The predicted octanol–water partition coefficient (Wildman–Crippen LogP) is 0.0901. The number of phenols is 1. The zero-order valence-corrected chi connectivity index (χ0v) is 11.1. The van der Waals surface area contributed by atoms with E-state index in [1.165, 1.54) is 6.07 Å². The molecule has 1 aromatic carbocycles. The normalized spacial score (nSPS) is 12.1. The van der Waals surface area contributed by atoms with Crippen LogP contribution in [-0.2, 0) is 9.59 Å². The molecule has 0 bridgehead atoms. The molecule has 0 radical (unpaired) electrons. The predicted molar refractivity (Wildman–Crippen MR) is 71.7 cm³/mol. The minimum absolute atomic E-state index is 0.0889. The van der Waals surface area contributed by atoms with Crippen LogP contribution < -0.4 is 10.6 Å². The average Bonchev–Trinajstić information content (AvgIpc) is 2.36. The molecule has 1 aromatic rings. The molecule has 0 spiro atoms. The highest BCUT2D eigenvalue weighted by atomic mass is 16.4. The number of phenolic OH excluding ortho intramolecular Hbond substituents is 1. The Kier molecular flexibility index (Phi) is 5.95. The van der Waals surface area contributed by atoms with Crippen molar-refractivity contribution in [3.63, 3.8) is 0 Å². The van der Waals surface area contributed by atoms with Crippen LogP contribution in [0, 0.1) is 6.92 Å². The Labute approximate surface area is 116 Å². The fourth-order valence-corrected chi connectivity index (χ4v) is 1.74. The maximum absolute atomic E-state index is 11.2. The van der Waals surface area contributed by atoms with Crippen LogP contribution in [0.4, 0.5) is 0 Å². The summed E-state index contributed by atoms with van der Waals surface area (Å²) in [5.74, 6) is -2.17. The smallest absolute Gasteiger partial charge is 0.325 e. The summed E-state index contributed by atoms with van der Waals surface area (Å²) in [6.07, 6.45) is 0. The lowest BCUT2D eigenvalue weighted by molar-refractivity contribution is -0.140. The molecule has 110 valence electrons. The van der Waals surface area contributed by atoms with E-state index in [9.17, 15) is 19.8 Å². The van der Waals surface area contributed by atoms with Gasteiger partial charge in [0.1, 0.15) is 11.8 Å². The van der Waals surface area contributed by atoms with Crippen molar-refractivity contribution in [2.24, 2.45) is 0 Å². The molecule has 7 nitrogen and oxygen atoms in total. The molecule has 0 saturated heterocycles. The van der Waals surface area contributed by atoms with Gasteiger partial charge in [-0.3, -0.25) is 14.9 Å². The Morgan fingerprint density at radius 1 is 1.25 bits per heavy atom. The second kappa shape index (κ2) is 7.46. The van der Waals surface area contributed by atoms with Gasteiger partial charge in [-0.25, -0.2) is 0 Å². The zero-order chi connectivity index (χ0) is 15.1. The lowest BCUT2D eigenvalue weighted by Gasteiger charge is -2.16. The third-order valence-corrected chi connectivity index (χ3v) is 2.67. The monoisotopic (exact) mass is 282 g/mol. The van der Waals surface area contributed by atoms with Gasteiger partial charge in [0.25, 0.3) is 0 Å². The van der Waals surface area contributed by atoms with Crippen molar-refractivity contribution in [3.8, 4) is 5.75 Å². The SMILES string of the molecule is Cc1ccc(O)c(C(NCCNCC(=O)O)C(=O)O)c1. The fourth-order valence-electron chi connectivity index (χ4n) is 1.74. The minimum atomic E-state index is -1.11. The number of carbonyl (C=O) groups is 2. The number of carboxylic acids is 2. The number of hydrogen-bond acceptors (Lipinski definition) is 5. The summed E-state index contributed by atoms with van der Waals surface area (Å²) in [6.45, 7) is 2.19. The highest BCUT2D eigenvalue weighted by Gasteiger charge is 2.22. The molecule has 20 heavy (non-hydrogen) atoms. The summed E-state index contributed by atoms with van der Waals surface area (Å²) in [6, 6.07) is 3.70. The van der Waals surface area contributed by atoms with E-state index >= 15 is 0 Å². The van der Waals surface area contributed by atoms with E-state index in [0.29, 0.717) is 6.54 Å². The zero-order valence-electron chi connectivity index (χ0n) is 11.1. The Hall–Kier alpha value is -2.12. The molecule has 0 heterocycles. The fraction of sp³-hybridized carbons (Fsp3) is 0.385. The van der Waals surface area contributed by atoms with Gasteiger partial charge in [-0.05, 0) is 13.0 Å². The number of aryl methyl sites for hydroxylation is 1. The van der Waals surface area contributed by atoms with E-state index in [4.69, 9.17) is 5.11 Å². The van der Waals surface area contributed by atoms with Crippen LogP contribution in [0.3, 0.4) is 0 Å². The summed E-state index contributed by atoms with van der Waals surface area (Å²) < 4.78 is 0. The van der Waals surface area contributed by atoms with E-state index in [-0.39, 0.29) is 24.4 Å². The minimum Gasteiger partial charge on any atom is -0.508 e. The Morgan fingerprint density at radius 3 is 2.55 bits per heavy atom. The first-order valence-corrected chi connectivity index (χ1v) is 6.10. The number of nitrogens with one attached hydrogen (secondary N) is 2. The van der Waals surface area contributed by atoms with Crippen LogP contribution in [0.5, 0.6) is 5.75 Å². The second-order valence-corrected chi connectivity index (χ2v) is 4.36. The first-order chi connectivity index (χ1) is 9.41. The van der Waals surface area contributed by atoms with Crippen LogP contribution in [0.1, 0.15) is 17.2 Å². The van der Waals surface area contributed by atoms with Crippen molar-refractivity contribution in [1.29, 1.82) is 0 Å². The van der Waals surface area contributed by atoms with Gasteiger partial charge in [-0.2, -0.15) is 0 Å². The van der Waals surface area contributed by atoms with Crippen molar-refractivity contribution in [2.75, 3.05) is 19.6 Å². The molecule has 0 aliphatic heterocycles. The molecule has 1 unspecified atom stereocenters. The van der Waals surface area contributed by atoms with Crippen LogP contribution in [-0.4, -0.2) is 46.9 Å². The Balaban J connectivity index is 2.63. The quantitative estimate of drug-likeness (QED) is 0.429. The Bertz CT molecular complexity index is 490. The molecule has 1 rings (SSSR count). The number of hydrogen-bond donors (Lipinski definition) is 5. The lowest BCUT2D eigenvalue weighted by Crippen LogP contribution is -2.35. The molecule has 0 aromatic heterocycles. The summed E-state index contributed by atoms with van der Waals surface area (Å²) in [4.78, 5) is 21.5. The van der Waals surface area contributed by atoms with Gasteiger partial charge >= 0.3 is 11.9 Å². The molecule has 0 aliphatic rings. The van der Waals surface area contributed by atoms with E-state index in [2.05, 4.69) is 10.6 Å². The van der Waals surface area contributed by atoms with Crippen LogP contribution in [0.15, 0.2) is 18.2 Å². The van der Waals surface area contributed by atoms with Gasteiger partial charge < -0.3 is 20.6 Å². The molecule has 0 saturated carbocycles. The van der Waals surface area contributed by atoms with Crippen LogP contribution in [0.25, 0.3) is 0 Å². The van der Waals surface area contributed by atoms with Crippen molar-refractivity contribution < 1.29 is 24.9 Å². The first-order valence-electron chi connectivity index (χ1n) is 6.10. The number of rotatable bonds is 8. The summed E-state index contributed by atoms with van der Waals surface area (Å²) in [5.41, 5.74) is 1.13. The standard InChI is InChI=1S/C13H18N2O5/c1-8-2-3-10(16)9(6-8)12(13(19)20)15-5-4-14-7-11(17)18/h2-3,6,12,14-16H,4-5,7H2,1H3,(H,17,18)(H,19,20). The largest absolute Gasteiger partial charge is 0.508 e. The Morgan fingerprint density at radius 2 is 1.95 bits per heavy atom. The average molecular weight is 282 g/mol. The van der Waals surface area contributed by atoms with E-state index in [0.717, 1.165) is 5.56 Å². The van der Waals surface area contributed by atoms with Crippen LogP contribution in [0.2, 0.25) is 0 Å². The van der Waals surface area contributed by atoms with Gasteiger partial charge in [0.2, 0.25) is 0 Å². The molecule has 7 heteroatoms. The van der Waals surface area contributed by atoms with Crippen molar-refractivity contribution >= 4 is 11.9 Å². The van der Waals surface area contributed by atoms with Crippen molar-refractivity contribution in [3.05, 3.63) is 29.3 Å². The summed E-state index contributed by atoms with van der Waals surface area (Å²) >= 11 is 0. The molecular weight excluding hydrogens is 264 g/mol. The third kappa shape index (κ3) is 4.87. The van der Waals surface area contributed by atoms with E-state index in [1.54, 1.807) is 19.1 Å².